The second-order valence-corrected chi connectivity index (χ2v) is 9.75. The molecule has 11 heteroatoms. The molecule has 0 radical (unpaired) electrons. The van der Waals surface area contributed by atoms with Gasteiger partial charge in [0.25, 0.3) is 11.9 Å². The number of ether oxygens (including phenoxy) is 1. The molecule has 168 valence electrons. The number of carbonyl (C=O) groups is 1. The number of hydrogen-bond donors (Lipinski definition) is 1. The molecule has 3 aromatic rings. The van der Waals surface area contributed by atoms with E-state index in [-0.39, 0.29) is 18.0 Å². The minimum atomic E-state index is -0.617. The highest BCUT2D eigenvalue weighted by atomic mass is 127. The number of amides is 1. The van der Waals surface area contributed by atoms with Gasteiger partial charge < -0.3 is 24.7 Å². The van der Waals surface area contributed by atoms with E-state index in [9.17, 15) is 4.79 Å². The molecule has 32 heavy (non-hydrogen) atoms. The smallest absolute Gasteiger partial charge is 0.293 e. The molecule has 1 fully saturated rings. The van der Waals surface area contributed by atoms with Gasteiger partial charge in [0.15, 0.2) is 11.7 Å². The van der Waals surface area contributed by atoms with Gasteiger partial charge in [0.2, 0.25) is 0 Å². The van der Waals surface area contributed by atoms with Gasteiger partial charge in [-0.15, -0.1) is 0 Å². The van der Waals surface area contributed by atoms with Gasteiger partial charge in [-0.2, -0.15) is 4.98 Å². The van der Waals surface area contributed by atoms with Crippen molar-refractivity contribution in [2.75, 3.05) is 36.9 Å². The van der Waals surface area contributed by atoms with E-state index in [4.69, 9.17) is 38.1 Å². The number of halogens is 3. The fourth-order valence-corrected chi connectivity index (χ4v) is 5.72. The second-order valence-electron chi connectivity index (χ2n) is 7.89. The number of rotatable bonds is 2. The van der Waals surface area contributed by atoms with E-state index in [1.54, 1.807) is 12.3 Å². The van der Waals surface area contributed by atoms with Crippen LogP contribution in [0.4, 0.5) is 11.7 Å². The molecule has 2 N–H and O–H groups in total. The summed E-state index contributed by atoms with van der Waals surface area (Å²) in [5.74, 6) is -0.0642. The number of nitrogens with two attached hydrogens (primary N) is 1. The molecule has 0 unspecified atom stereocenters. The van der Waals surface area contributed by atoms with Crippen LogP contribution in [0.2, 0.25) is 10.0 Å². The molecular weight excluding hydrogens is 568 g/mol. The summed E-state index contributed by atoms with van der Waals surface area (Å²) in [6.45, 7) is 3.95. The third-order valence-corrected chi connectivity index (χ3v) is 7.35. The van der Waals surface area contributed by atoms with Gasteiger partial charge >= 0.3 is 0 Å². The molecule has 8 nitrogen and oxygen atoms in total. The summed E-state index contributed by atoms with van der Waals surface area (Å²) in [7, 11) is 0. The van der Waals surface area contributed by atoms with Crippen molar-refractivity contribution >= 4 is 74.5 Å². The van der Waals surface area contributed by atoms with Crippen LogP contribution in [0.3, 0.4) is 0 Å². The average Bonchev–Trinajstić information content (AvgIpc) is 3.15. The molecule has 0 bridgehead atoms. The van der Waals surface area contributed by atoms with Crippen LogP contribution in [-0.4, -0.2) is 53.1 Å². The first-order valence-electron chi connectivity index (χ1n) is 10.2. The van der Waals surface area contributed by atoms with Crippen LogP contribution in [0.1, 0.15) is 24.1 Å². The van der Waals surface area contributed by atoms with Gasteiger partial charge in [-0.3, -0.25) is 4.79 Å². The molecule has 2 aromatic heterocycles. The number of fused-ring (bicyclic) bond motifs is 2. The highest BCUT2D eigenvalue weighted by molar-refractivity contribution is 14.1. The largest absolute Gasteiger partial charge is 0.421 e. The van der Waals surface area contributed by atoms with Crippen molar-refractivity contribution in [3.63, 3.8) is 0 Å². The molecule has 2 aliphatic heterocycles. The average molecular weight is 588 g/mol. The Kier molecular flexibility index (Phi) is 5.85. The van der Waals surface area contributed by atoms with Crippen molar-refractivity contribution in [1.29, 1.82) is 0 Å². The normalized spacial score (nSPS) is 21.1. The first-order chi connectivity index (χ1) is 15.3. The van der Waals surface area contributed by atoms with Crippen LogP contribution in [-0.2, 0) is 16.0 Å². The summed E-state index contributed by atoms with van der Waals surface area (Å²) >= 11 is 14.7. The van der Waals surface area contributed by atoms with E-state index in [2.05, 4.69) is 32.6 Å². The van der Waals surface area contributed by atoms with Crippen LogP contribution in [0, 0.1) is 3.70 Å². The zero-order valence-electron chi connectivity index (χ0n) is 17.1. The Bertz CT molecular complexity index is 1220. The predicted molar refractivity (Wildman–Crippen MR) is 131 cm³/mol. The summed E-state index contributed by atoms with van der Waals surface area (Å²) in [6, 6.07) is 3.57. The van der Waals surface area contributed by atoms with Crippen molar-refractivity contribution in [3.8, 4) is 0 Å². The minimum Gasteiger partial charge on any atom is -0.421 e. The first-order valence-corrected chi connectivity index (χ1v) is 12.0. The van der Waals surface area contributed by atoms with E-state index >= 15 is 0 Å². The van der Waals surface area contributed by atoms with Crippen LogP contribution < -0.4 is 10.6 Å². The number of nitrogens with zero attached hydrogens (tertiary/aromatic N) is 4. The fraction of sp³-hybridized carbons (Fsp3) is 0.381. The van der Waals surface area contributed by atoms with Crippen LogP contribution >= 0.6 is 45.8 Å². The monoisotopic (exact) mass is 587 g/mol. The summed E-state index contributed by atoms with van der Waals surface area (Å²) in [5.41, 5.74) is 9.74. The van der Waals surface area contributed by atoms with Crippen molar-refractivity contribution in [1.82, 2.24) is 14.9 Å². The van der Waals surface area contributed by atoms with Gasteiger partial charge in [0.1, 0.15) is 14.9 Å². The lowest BCUT2D eigenvalue weighted by atomic mass is 9.93. The molecule has 4 heterocycles. The SMILES string of the molecule is C[C@H]1c2c(Cl)cc(Cl)cc2CCN1C(=O)[C@H]1CN(c2cnc(I)c3nc(N)oc23)CCO1. The maximum absolute atomic E-state index is 13.5. The number of oxazole rings is 1. The Hall–Kier alpha value is -1.82. The molecule has 2 aliphatic rings. The van der Waals surface area contributed by atoms with Gasteiger partial charge in [0, 0.05) is 23.1 Å². The standard InChI is InChI=1S/C21H20Cl2IN5O3/c1-10-16-11(6-12(22)7-13(16)23)2-3-29(10)20(30)15-9-28(4-5-31-15)14-8-26-19(24)17-18(14)32-21(25)27-17/h6-8,10,15H,2-5,9H2,1H3,(H2,25,27)/t10-,15+/m0/s1. The number of hydrogen-bond acceptors (Lipinski definition) is 7. The lowest BCUT2D eigenvalue weighted by Crippen LogP contribution is -2.53. The lowest BCUT2D eigenvalue weighted by molar-refractivity contribution is -0.147. The third kappa shape index (κ3) is 3.78. The van der Waals surface area contributed by atoms with Crippen LogP contribution in [0.15, 0.2) is 22.7 Å². The Morgan fingerprint density at radius 2 is 2.12 bits per heavy atom. The number of morpholine rings is 1. The number of nitrogen functional groups attached to an aromatic ring is 1. The minimum absolute atomic E-state index is 0.0642. The Labute approximate surface area is 208 Å². The number of carbonyl (C=O) groups excluding carboxylic acids is 1. The van der Waals surface area contributed by atoms with E-state index < -0.39 is 6.10 Å². The molecule has 1 amide bonds. The maximum Gasteiger partial charge on any atom is 0.293 e. The van der Waals surface area contributed by atoms with Crippen molar-refractivity contribution < 1.29 is 13.9 Å². The predicted octanol–water partition coefficient (Wildman–Crippen LogP) is 4.07. The summed E-state index contributed by atoms with van der Waals surface area (Å²) in [4.78, 5) is 26.0. The summed E-state index contributed by atoms with van der Waals surface area (Å²) < 4.78 is 12.2. The Morgan fingerprint density at radius 1 is 1.31 bits per heavy atom. The van der Waals surface area contributed by atoms with E-state index in [0.29, 0.717) is 57.5 Å². The zero-order valence-corrected chi connectivity index (χ0v) is 20.8. The summed E-state index contributed by atoms with van der Waals surface area (Å²) in [5, 5.41) is 1.19. The van der Waals surface area contributed by atoms with Gasteiger partial charge in [-0.25, -0.2) is 4.98 Å². The molecule has 1 saturated heterocycles. The van der Waals surface area contributed by atoms with E-state index in [1.807, 2.05) is 22.8 Å². The van der Waals surface area contributed by atoms with Gasteiger partial charge in [-0.05, 0) is 59.2 Å². The third-order valence-electron chi connectivity index (χ3n) is 6.02. The number of benzene rings is 1. The number of aromatic nitrogens is 2. The topological polar surface area (TPSA) is 97.7 Å². The second kappa shape index (κ2) is 8.51. The van der Waals surface area contributed by atoms with Gasteiger partial charge in [-0.1, -0.05) is 23.2 Å². The molecule has 0 saturated carbocycles. The quantitative estimate of drug-likeness (QED) is 0.356. The van der Waals surface area contributed by atoms with Crippen LogP contribution in [0.5, 0.6) is 0 Å². The van der Waals surface area contributed by atoms with Crippen LogP contribution in [0.25, 0.3) is 11.1 Å². The maximum atomic E-state index is 13.5. The van der Waals surface area contributed by atoms with Gasteiger partial charge in [0.05, 0.1) is 25.4 Å². The first kappa shape index (κ1) is 22.0. The fourth-order valence-electron chi connectivity index (χ4n) is 4.52. The zero-order chi connectivity index (χ0) is 22.6. The Morgan fingerprint density at radius 3 is 2.94 bits per heavy atom. The van der Waals surface area contributed by atoms with E-state index in [0.717, 1.165) is 16.8 Å². The number of anilines is 2. The van der Waals surface area contributed by atoms with Crippen molar-refractivity contribution in [2.24, 2.45) is 0 Å². The molecule has 2 atom stereocenters. The summed E-state index contributed by atoms with van der Waals surface area (Å²) in [6.07, 6.45) is 1.81. The highest BCUT2D eigenvalue weighted by Gasteiger charge is 2.36. The molecular formula is C21H20Cl2IN5O3. The Balaban J connectivity index is 1.39. The van der Waals surface area contributed by atoms with E-state index in [1.165, 1.54) is 0 Å². The highest BCUT2D eigenvalue weighted by Crippen LogP contribution is 2.38. The molecule has 5 rings (SSSR count). The molecule has 1 aromatic carbocycles. The lowest BCUT2D eigenvalue weighted by Gasteiger charge is -2.40. The number of pyridine rings is 1. The van der Waals surface area contributed by atoms with Crippen molar-refractivity contribution in [2.45, 2.75) is 25.5 Å². The molecule has 0 aliphatic carbocycles. The van der Waals surface area contributed by atoms with Crippen molar-refractivity contribution in [3.05, 3.63) is 43.2 Å². The molecule has 0 spiro atoms.